The maximum absolute atomic E-state index is 13.0. The SMILES string of the molecule is COc1ccc(C(OCC(CO)(Cn2cc(C)c(=O)[nH]c2=O)Cn2cc(C)c(=O)[nH]c2=O)(c2ccccc2)c2ccccc2)cc1. The second-order valence-electron chi connectivity index (χ2n) is 11.5. The van der Waals surface area contributed by atoms with Gasteiger partial charge in [-0.2, -0.15) is 0 Å². The summed E-state index contributed by atoms with van der Waals surface area (Å²) in [5.74, 6) is 0.657. The molecule has 0 saturated carbocycles. The van der Waals surface area contributed by atoms with Gasteiger partial charge < -0.3 is 14.6 Å². The van der Waals surface area contributed by atoms with E-state index in [2.05, 4.69) is 9.97 Å². The van der Waals surface area contributed by atoms with Gasteiger partial charge >= 0.3 is 11.4 Å². The standard InChI is InChI=1S/C35H36N4O7/c1-24-18-38(32(43)36-30(24)41)20-34(22-40,21-39-19-25(2)31(42)37-33(39)44)23-46-35(26-10-6-4-7-11-26,27-12-8-5-9-13-27)28-14-16-29(45-3)17-15-28/h4-19,40H,20-23H2,1-3H3,(H,36,41,43)(H,37,42,44). The maximum Gasteiger partial charge on any atom is 0.328 e. The van der Waals surface area contributed by atoms with Crippen molar-refractivity contribution in [3.63, 3.8) is 0 Å². The van der Waals surface area contributed by atoms with Crippen molar-refractivity contribution in [2.45, 2.75) is 32.5 Å². The lowest BCUT2D eigenvalue weighted by atomic mass is 9.79. The molecule has 0 atom stereocenters. The minimum absolute atomic E-state index is 0.132. The Morgan fingerprint density at radius 2 is 1.11 bits per heavy atom. The van der Waals surface area contributed by atoms with Crippen molar-refractivity contribution in [1.29, 1.82) is 0 Å². The fourth-order valence-corrected chi connectivity index (χ4v) is 5.66. The molecule has 46 heavy (non-hydrogen) atoms. The van der Waals surface area contributed by atoms with E-state index in [1.54, 1.807) is 21.0 Å². The smallest absolute Gasteiger partial charge is 0.328 e. The summed E-state index contributed by atoms with van der Waals surface area (Å²) in [6.45, 7) is 2.18. The first-order valence-corrected chi connectivity index (χ1v) is 14.7. The number of hydrogen-bond acceptors (Lipinski definition) is 7. The van der Waals surface area contributed by atoms with Crippen LogP contribution in [0.5, 0.6) is 5.75 Å². The average molecular weight is 625 g/mol. The molecule has 0 amide bonds. The van der Waals surface area contributed by atoms with Crippen LogP contribution in [0.4, 0.5) is 0 Å². The fraction of sp³-hybridized carbons (Fsp3) is 0.257. The number of aliphatic hydroxyl groups is 1. The Morgan fingerprint density at radius 3 is 1.52 bits per heavy atom. The van der Waals surface area contributed by atoms with Crippen molar-refractivity contribution < 1.29 is 14.6 Å². The van der Waals surface area contributed by atoms with Crippen molar-refractivity contribution in [2.24, 2.45) is 5.41 Å². The van der Waals surface area contributed by atoms with Gasteiger partial charge in [0.05, 0.1) is 25.7 Å². The summed E-state index contributed by atoms with van der Waals surface area (Å²) in [7, 11) is 1.59. The minimum Gasteiger partial charge on any atom is -0.497 e. The van der Waals surface area contributed by atoms with E-state index in [0.717, 1.165) is 16.7 Å². The molecule has 11 heteroatoms. The topological polar surface area (TPSA) is 148 Å². The molecule has 0 saturated heterocycles. The lowest BCUT2D eigenvalue weighted by Gasteiger charge is -2.41. The van der Waals surface area contributed by atoms with Crippen molar-refractivity contribution in [2.75, 3.05) is 20.3 Å². The normalized spacial score (nSPS) is 11.8. The van der Waals surface area contributed by atoms with Gasteiger partial charge in [-0.1, -0.05) is 72.8 Å². The van der Waals surface area contributed by atoms with Gasteiger partial charge in [-0.15, -0.1) is 0 Å². The van der Waals surface area contributed by atoms with E-state index < -0.39 is 40.1 Å². The molecule has 0 aliphatic heterocycles. The van der Waals surface area contributed by atoms with Gasteiger partial charge in [0, 0.05) is 36.6 Å². The molecule has 3 N–H and O–H groups in total. The number of nitrogens with zero attached hydrogens (tertiary/aromatic N) is 2. The molecule has 3 aromatic carbocycles. The Balaban J connectivity index is 1.71. The number of aromatic nitrogens is 4. The van der Waals surface area contributed by atoms with Gasteiger partial charge in [-0.3, -0.25) is 28.7 Å². The quantitative estimate of drug-likeness (QED) is 0.181. The summed E-state index contributed by atoms with van der Waals surface area (Å²) < 4.78 is 15.1. The van der Waals surface area contributed by atoms with Crippen LogP contribution in [0.25, 0.3) is 0 Å². The molecular formula is C35H36N4O7. The molecule has 0 radical (unpaired) electrons. The van der Waals surface area contributed by atoms with Crippen LogP contribution in [-0.4, -0.2) is 44.5 Å². The van der Waals surface area contributed by atoms with Crippen LogP contribution < -0.4 is 27.2 Å². The Labute approximate surface area is 264 Å². The number of hydrogen-bond donors (Lipinski definition) is 3. The van der Waals surface area contributed by atoms with E-state index in [4.69, 9.17) is 9.47 Å². The number of aromatic amines is 2. The van der Waals surface area contributed by atoms with Crippen molar-refractivity contribution >= 4 is 0 Å². The number of methoxy groups -OCH3 is 1. The molecular weight excluding hydrogens is 588 g/mol. The number of H-pyrrole nitrogens is 2. The van der Waals surface area contributed by atoms with E-state index in [0.29, 0.717) is 16.9 Å². The van der Waals surface area contributed by atoms with Crippen LogP contribution in [0.3, 0.4) is 0 Å². The molecule has 0 fully saturated rings. The first kappa shape index (κ1) is 32.1. The third-order valence-corrected chi connectivity index (χ3v) is 8.18. The lowest BCUT2D eigenvalue weighted by molar-refractivity contribution is -0.0727. The van der Waals surface area contributed by atoms with E-state index >= 15 is 0 Å². The van der Waals surface area contributed by atoms with Crippen LogP contribution >= 0.6 is 0 Å². The summed E-state index contributed by atoms with van der Waals surface area (Å²) in [5.41, 5.74) is -1.96. The van der Waals surface area contributed by atoms with Crippen molar-refractivity contribution in [3.05, 3.63) is 167 Å². The molecule has 2 aromatic heterocycles. The predicted molar refractivity (Wildman–Crippen MR) is 173 cm³/mol. The highest BCUT2D eigenvalue weighted by Gasteiger charge is 2.42. The Kier molecular flexibility index (Phi) is 9.36. The average Bonchev–Trinajstić information content (AvgIpc) is 3.07. The summed E-state index contributed by atoms with van der Waals surface area (Å²) in [6.07, 6.45) is 2.83. The third-order valence-electron chi connectivity index (χ3n) is 8.18. The highest BCUT2D eigenvalue weighted by Crippen LogP contribution is 2.42. The maximum atomic E-state index is 13.0. The van der Waals surface area contributed by atoms with Crippen LogP contribution in [0.2, 0.25) is 0 Å². The first-order valence-electron chi connectivity index (χ1n) is 14.7. The van der Waals surface area contributed by atoms with Gasteiger partial charge in [0.15, 0.2) is 0 Å². The Bertz CT molecular complexity index is 1910. The zero-order valence-electron chi connectivity index (χ0n) is 25.9. The van der Waals surface area contributed by atoms with E-state index in [1.165, 1.54) is 21.5 Å². The number of rotatable bonds is 12. The Hall–Kier alpha value is -5.26. The van der Waals surface area contributed by atoms with Gasteiger partial charge in [0.2, 0.25) is 0 Å². The molecule has 5 aromatic rings. The number of nitrogens with one attached hydrogen (secondary N) is 2. The molecule has 0 bridgehead atoms. The van der Waals surface area contributed by atoms with Crippen molar-refractivity contribution in [3.8, 4) is 5.75 Å². The van der Waals surface area contributed by atoms with Gasteiger partial charge in [-0.05, 0) is 42.7 Å². The first-order chi connectivity index (χ1) is 22.1. The Morgan fingerprint density at radius 1 is 0.674 bits per heavy atom. The number of aliphatic hydroxyl groups excluding tert-OH is 1. The fourth-order valence-electron chi connectivity index (χ4n) is 5.66. The highest BCUT2D eigenvalue weighted by molar-refractivity contribution is 5.48. The minimum atomic E-state index is -1.32. The third kappa shape index (κ3) is 6.42. The molecule has 0 aliphatic carbocycles. The molecule has 0 spiro atoms. The molecule has 5 rings (SSSR count). The summed E-state index contributed by atoms with van der Waals surface area (Å²) in [4.78, 5) is 54.9. The van der Waals surface area contributed by atoms with Gasteiger partial charge in [0.1, 0.15) is 11.4 Å². The molecule has 238 valence electrons. The number of ether oxygens (including phenoxy) is 2. The van der Waals surface area contributed by atoms with Crippen LogP contribution in [-0.2, 0) is 23.4 Å². The highest BCUT2D eigenvalue weighted by atomic mass is 16.5. The zero-order valence-corrected chi connectivity index (χ0v) is 25.9. The lowest BCUT2D eigenvalue weighted by Crippen LogP contribution is -2.48. The van der Waals surface area contributed by atoms with Gasteiger partial charge in [-0.25, -0.2) is 9.59 Å². The van der Waals surface area contributed by atoms with Crippen LogP contribution in [0.1, 0.15) is 27.8 Å². The van der Waals surface area contributed by atoms with E-state index in [9.17, 15) is 24.3 Å². The largest absolute Gasteiger partial charge is 0.497 e. The van der Waals surface area contributed by atoms with Crippen LogP contribution in [0, 0.1) is 19.3 Å². The summed E-state index contributed by atoms with van der Waals surface area (Å²) in [6, 6.07) is 26.7. The van der Waals surface area contributed by atoms with Crippen molar-refractivity contribution in [1.82, 2.24) is 19.1 Å². The number of aryl methyl sites for hydroxylation is 2. The van der Waals surface area contributed by atoms with E-state index in [1.807, 2.05) is 84.9 Å². The second-order valence-corrected chi connectivity index (χ2v) is 11.5. The second kappa shape index (κ2) is 13.4. The molecule has 2 heterocycles. The van der Waals surface area contributed by atoms with E-state index in [-0.39, 0.29) is 19.7 Å². The molecule has 0 aliphatic rings. The summed E-state index contributed by atoms with van der Waals surface area (Å²) >= 11 is 0. The van der Waals surface area contributed by atoms with Gasteiger partial charge in [0.25, 0.3) is 11.1 Å². The zero-order chi connectivity index (χ0) is 32.9. The number of benzene rings is 3. The predicted octanol–water partition coefficient (Wildman–Crippen LogP) is 2.70. The molecule has 0 unspecified atom stereocenters. The molecule has 11 nitrogen and oxygen atoms in total. The van der Waals surface area contributed by atoms with Crippen LogP contribution in [0.15, 0.2) is 117 Å². The monoisotopic (exact) mass is 624 g/mol. The summed E-state index contributed by atoms with van der Waals surface area (Å²) in [5, 5.41) is 11.1.